The highest BCUT2D eigenvalue weighted by Gasteiger charge is 2.36. The number of benzene rings is 1. The first-order valence-corrected chi connectivity index (χ1v) is 7.46. The summed E-state index contributed by atoms with van der Waals surface area (Å²) in [6, 6.07) is 7.86. The minimum absolute atomic E-state index is 0.0770. The molecule has 0 aliphatic carbocycles. The molecule has 1 unspecified atom stereocenters. The number of hydrogen-bond donors (Lipinski definition) is 1. The molecule has 1 aliphatic heterocycles. The van der Waals surface area contributed by atoms with E-state index in [2.05, 4.69) is 4.90 Å². The van der Waals surface area contributed by atoms with Crippen LogP contribution in [0.25, 0.3) is 0 Å². The molecule has 1 fully saturated rings. The Morgan fingerprint density at radius 1 is 1.29 bits per heavy atom. The third kappa shape index (κ3) is 3.13. The number of carbonyl (C=O) groups excluding carboxylic acids is 1. The number of amides is 1. The molecule has 5 heteroatoms. The van der Waals surface area contributed by atoms with Crippen LogP contribution in [0.15, 0.2) is 24.3 Å². The van der Waals surface area contributed by atoms with Gasteiger partial charge in [-0.2, -0.15) is 0 Å². The standard InChI is InChI=1S/C16H25N3O2/c1-4-16(2,21-3)15(20)19-11-9-18(10-12-19)14-8-6-5-7-13(14)17/h5-8H,4,9-12,17H2,1-3H3. The monoisotopic (exact) mass is 291 g/mol. The van der Waals surface area contributed by atoms with E-state index in [0.29, 0.717) is 19.5 Å². The largest absolute Gasteiger partial charge is 0.397 e. The zero-order chi connectivity index (χ0) is 15.5. The Hall–Kier alpha value is -1.75. The number of methoxy groups -OCH3 is 1. The number of piperazine rings is 1. The topological polar surface area (TPSA) is 58.8 Å². The summed E-state index contributed by atoms with van der Waals surface area (Å²) in [5, 5.41) is 0. The van der Waals surface area contributed by atoms with Gasteiger partial charge in [-0.1, -0.05) is 19.1 Å². The zero-order valence-corrected chi connectivity index (χ0v) is 13.1. The lowest BCUT2D eigenvalue weighted by atomic mass is 10.0. The van der Waals surface area contributed by atoms with E-state index < -0.39 is 5.60 Å². The van der Waals surface area contributed by atoms with Gasteiger partial charge in [0.2, 0.25) is 0 Å². The number of anilines is 2. The van der Waals surface area contributed by atoms with Crippen LogP contribution in [0.1, 0.15) is 20.3 Å². The van der Waals surface area contributed by atoms with Gasteiger partial charge in [0, 0.05) is 33.3 Å². The highest BCUT2D eigenvalue weighted by Crippen LogP contribution is 2.25. The molecule has 1 aromatic carbocycles. The SMILES string of the molecule is CCC(C)(OC)C(=O)N1CCN(c2ccccc2N)CC1. The molecule has 1 aromatic rings. The molecule has 2 N–H and O–H groups in total. The van der Waals surface area contributed by atoms with Crippen molar-refractivity contribution in [3.05, 3.63) is 24.3 Å². The first-order chi connectivity index (χ1) is 10.0. The van der Waals surface area contributed by atoms with E-state index in [0.717, 1.165) is 24.5 Å². The van der Waals surface area contributed by atoms with E-state index in [4.69, 9.17) is 10.5 Å². The number of hydrogen-bond acceptors (Lipinski definition) is 4. The Balaban J connectivity index is 2.01. The predicted molar refractivity (Wildman–Crippen MR) is 85.4 cm³/mol. The molecular formula is C16H25N3O2. The van der Waals surface area contributed by atoms with Crippen molar-refractivity contribution in [2.24, 2.45) is 0 Å². The molecule has 1 heterocycles. The van der Waals surface area contributed by atoms with Crippen LogP contribution < -0.4 is 10.6 Å². The summed E-state index contributed by atoms with van der Waals surface area (Å²) in [4.78, 5) is 16.7. The summed E-state index contributed by atoms with van der Waals surface area (Å²) in [7, 11) is 1.60. The zero-order valence-electron chi connectivity index (χ0n) is 13.1. The van der Waals surface area contributed by atoms with Gasteiger partial charge in [0.05, 0.1) is 11.4 Å². The number of rotatable bonds is 4. The van der Waals surface area contributed by atoms with Gasteiger partial charge in [-0.05, 0) is 25.5 Å². The van der Waals surface area contributed by atoms with Crippen molar-refractivity contribution in [2.45, 2.75) is 25.9 Å². The van der Waals surface area contributed by atoms with Gasteiger partial charge >= 0.3 is 0 Å². The van der Waals surface area contributed by atoms with Crippen LogP contribution in [0, 0.1) is 0 Å². The van der Waals surface area contributed by atoms with Gasteiger partial charge in [-0.15, -0.1) is 0 Å². The van der Waals surface area contributed by atoms with E-state index in [9.17, 15) is 4.79 Å². The van der Waals surface area contributed by atoms with Crippen LogP contribution in [0.2, 0.25) is 0 Å². The fraction of sp³-hybridized carbons (Fsp3) is 0.562. The van der Waals surface area contributed by atoms with Crippen molar-refractivity contribution in [3.63, 3.8) is 0 Å². The van der Waals surface area contributed by atoms with Crippen LogP contribution in [-0.4, -0.2) is 49.7 Å². The maximum absolute atomic E-state index is 12.5. The molecule has 0 bridgehead atoms. The maximum atomic E-state index is 12.5. The Bertz CT molecular complexity index is 492. The first-order valence-electron chi connectivity index (χ1n) is 7.46. The number of ether oxygens (including phenoxy) is 1. The molecule has 1 atom stereocenters. The second-order valence-corrected chi connectivity index (χ2v) is 5.63. The number of para-hydroxylation sites is 2. The van der Waals surface area contributed by atoms with Crippen LogP contribution >= 0.6 is 0 Å². The Morgan fingerprint density at radius 3 is 2.43 bits per heavy atom. The fourth-order valence-corrected chi connectivity index (χ4v) is 2.64. The van der Waals surface area contributed by atoms with Crippen molar-refractivity contribution >= 4 is 17.3 Å². The van der Waals surface area contributed by atoms with Gasteiger partial charge < -0.3 is 20.3 Å². The van der Waals surface area contributed by atoms with Crippen LogP contribution in [0.3, 0.4) is 0 Å². The second kappa shape index (κ2) is 6.35. The molecule has 2 rings (SSSR count). The van der Waals surface area contributed by atoms with Crippen molar-refractivity contribution in [1.82, 2.24) is 4.90 Å². The Morgan fingerprint density at radius 2 is 1.90 bits per heavy atom. The van der Waals surface area contributed by atoms with E-state index in [1.165, 1.54) is 0 Å². The van der Waals surface area contributed by atoms with Crippen molar-refractivity contribution in [3.8, 4) is 0 Å². The van der Waals surface area contributed by atoms with Crippen LogP contribution in [0.5, 0.6) is 0 Å². The summed E-state index contributed by atoms with van der Waals surface area (Å²) >= 11 is 0. The molecule has 116 valence electrons. The molecular weight excluding hydrogens is 266 g/mol. The quantitative estimate of drug-likeness (QED) is 0.858. The average Bonchev–Trinajstić information content (AvgIpc) is 2.54. The van der Waals surface area contributed by atoms with Crippen LogP contribution in [-0.2, 0) is 9.53 Å². The smallest absolute Gasteiger partial charge is 0.254 e. The van der Waals surface area contributed by atoms with Gasteiger partial charge in [0.1, 0.15) is 5.60 Å². The van der Waals surface area contributed by atoms with E-state index in [-0.39, 0.29) is 5.91 Å². The molecule has 21 heavy (non-hydrogen) atoms. The summed E-state index contributed by atoms with van der Waals surface area (Å²) in [5.41, 5.74) is 7.14. The van der Waals surface area contributed by atoms with Gasteiger partial charge in [-0.3, -0.25) is 4.79 Å². The molecule has 0 spiro atoms. The third-order valence-corrected chi connectivity index (χ3v) is 4.42. The molecule has 0 radical (unpaired) electrons. The number of carbonyl (C=O) groups is 1. The Labute approximate surface area is 126 Å². The average molecular weight is 291 g/mol. The molecule has 1 saturated heterocycles. The Kier molecular flexibility index (Phi) is 4.73. The lowest BCUT2D eigenvalue weighted by Crippen LogP contribution is -2.55. The normalized spacial score (nSPS) is 18.4. The summed E-state index contributed by atoms with van der Waals surface area (Å²) < 4.78 is 5.41. The first kappa shape index (κ1) is 15.6. The molecule has 0 aromatic heterocycles. The number of nitrogens with two attached hydrogens (primary N) is 1. The maximum Gasteiger partial charge on any atom is 0.254 e. The fourth-order valence-electron chi connectivity index (χ4n) is 2.64. The number of nitrogen functional groups attached to an aromatic ring is 1. The minimum Gasteiger partial charge on any atom is -0.397 e. The second-order valence-electron chi connectivity index (χ2n) is 5.63. The van der Waals surface area contributed by atoms with E-state index in [1.54, 1.807) is 7.11 Å². The highest BCUT2D eigenvalue weighted by molar-refractivity contribution is 5.85. The molecule has 0 saturated carbocycles. The van der Waals surface area contributed by atoms with Gasteiger partial charge in [-0.25, -0.2) is 0 Å². The number of nitrogens with zero attached hydrogens (tertiary/aromatic N) is 2. The third-order valence-electron chi connectivity index (χ3n) is 4.42. The summed E-state index contributed by atoms with van der Waals surface area (Å²) in [6.45, 7) is 6.82. The summed E-state index contributed by atoms with van der Waals surface area (Å²) in [5.74, 6) is 0.0770. The van der Waals surface area contributed by atoms with Crippen molar-refractivity contribution < 1.29 is 9.53 Å². The van der Waals surface area contributed by atoms with E-state index >= 15 is 0 Å². The predicted octanol–water partition coefficient (Wildman–Crippen LogP) is 1.73. The van der Waals surface area contributed by atoms with Crippen LogP contribution in [0.4, 0.5) is 11.4 Å². The molecule has 1 aliphatic rings. The molecule has 5 nitrogen and oxygen atoms in total. The van der Waals surface area contributed by atoms with E-state index in [1.807, 2.05) is 43.0 Å². The van der Waals surface area contributed by atoms with Crippen molar-refractivity contribution in [1.29, 1.82) is 0 Å². The van der Waals surface area contributed by atoms with Gasteiger partial charge in [0.15, 0.2) is 0 Å². The summed E-state index contributed by atoms with van der Waals surface area (Å²) in [6.07, 6.45) is 0.675. The lowest BCUT2D eigenvalue weighted by molar-refractivity contribution is -0.153. The minimum atomic E-state index is -0.714. The van der Waals surface area contributed by atoms with Crippen molar-refractivity contribution in [2.75, 3.05) is 43.9 Å². The van der Waals surface area contributed by atoms with Gasteiger partial charge in [0.25, 0.3) is 5.91 Å². The molecule has 1 amide bonds. The lowest BCUT2D eigenvalue weighted by Gasteiger charge is -2.40. The highest BCUT2D eigenvalue weighted by atomic mass is 16.5.